The van der Waals surface area contributed by atoms with E-state index in [1.165, 1.54) is 11.1 Å². The molecule has 0 unspecified atom stereocenters. The molecule has 0 aliphatic heterocycles. The fraction of sp³-hybridized carbons (Fsp3) is 0.545. The highest BCUT2D eigenvalue weighted by atomic mass is 16.1. The van der Waals surface area contributed by atoms with Crippen LogP contribution in [0.3, 0.4) is 0 Å². The molecule has 0 aromatic rings. The summed E-state index contributed by atoms with van der Waals surface area (Å²) in [4.78, 5) is 11.7. The predicted octanol–water partition coefficient (Wildman–Crippen LogP) is 3.02. The minimum Gasteiger partial charge on any atom is -0.289 e. The van der Waals surface area contributed by atoms with Crippen LogP contribution in [0.15, 0.2) is 22.3 Å². The summed E-state index contributed by atoms with van der Waals surface area (Å²) in [6.07, 6.45) is 1.86. The molecule has 1 aliphatic rings. The van der Waals surface area contributed by atoms with Crippen molar-refractivity contribution in [2.75, 3.05) is 0 Å². The Balaban J connectivity index is 3.06. The molecule has 0 aromatic heterocycles. The van der Waals surface area contributed by atoms with Crippen LogP contribution in [0.1, 0.15) is 40.5 Å². The molecule has 12 heavy (non-hydrogen) atoms. The summed E-state index contributed by atoms with van der Waals surface area (Å²) >= 11 is 0. The lowest BCUT2D eigenvalue weighted by Gasteiger charge is -2.18. The van der Waals surface area contributed by atoms with E-state index in [2.05, 4.69) is 6.92 Å². The average Bonchev–Trinajstić information content (AvgIpc) is 2.01. The van der Waals surface area contributed by atoms with Gasteiger partial charge >= 0.3 is 0 Å². The summed E-state index contributed by atoms with van der Waals surface area (Å²) < 4.78 is 0. The van der Waals surface area contributed by atoms with Crippen LogP contribution in [0.25, 0.3) is 0 Å². The first-order valence-electron chi connectivity index (χ1n) is 4.47. The molecule has 1 rings (SSSR count). The van der Waals surface area contributed by atoms with Gasteiger partial charge in [0.2, 0.25) is 0 Å². The lowest BCUT2D eigenvalue weighted by Crippen LogP contribution is -2.12. The van der Waals surface area contributed by atoms with Crippen LogP contribution in [0.5, 0.6) is 0 Å². The third-order valence-corrected chi connectivity index (χ3v) is 2.65. The van der Waals surface area contributed by atoms with Gasteiger partial charge in [0.05, 0.1) is 0 Å². The zero-order valence-electron chi connectivity index (χ0n) is 8.32. The van der Waals surface area contributed by atoms with E-state index < -0.39 is 0 Å². The molecule has 0 saturated heterocycles. The minimum atomic E-state index is 0.263. The maximum Gasteiger partial charge on any atom is 0.184 e. The number of carbonyl (C=O) groups is 1. The van der Waals surface area contributed by atoms with Gasteiger partial charge in [-0.3, -0.25) is 4.79 Å². The first kappa shape index (κ1) is 9.24. The molecule has 0 bridgehead atoms. The molecule has 0 saturated carbocycles. The highest BCUT2D eigenvalue weighted by Gasteiger charge is 2.19. The Morgan fingerprint density at radius 2 is 1.75 bits per heavy atom. The average molecular weight is 164 g/mol. The Bertz CT molecular complexity index is 279. The van der Waals surface area contributed by atoms with Crippen molar-refractivity contribution in [2.45, 2.75) is 40.5 Å². The van der Waals surface area contributed by atoms with Crippen LogP contribution in [0.4, 0.5) is 0 Å². The van der Waals surface area contributed by atoms with E-state index in [0.29, 0.717) is 0 Å². The van der Waals surface area contributed by atoms with Crippen LogP contribution >= 0.6 is 0 Å². The van der Waals surface area contributed by atoms with E-state index >= 15 is 0 Å². The maximum atomic E-state index is 11.7. The van der Waals surface area contributed by atoms with Gasteiger partial charge in [0.1, 0.15) is 0 Å². The second-order valence-electron chi connectivity index (χ2n) is 3.52. The fourth-order valence-electron chi connectivity index (χ4n) is 1.71. The smallest absolute Gasteiger partial charge is 0.184 e. The van der Waals surface area contributed by atoms with Crippen molar-refractivity contribution in [2.24, 2.45) is 0 Å². The van der Waals surface area contributed by atoms with E-state index in [4.69, 9.17) is 0 Å². The van der Waals surface area contributed by atoms with Gasteiger partial charge in [-0.25, -0.2) is 0 Å². The summed E-state index contributed by atoms with van der Waals surface area (Å²) in [5.74, 6) is 0.263. The van der Waals surface area contributed by atoms with Crippen molar-refractivity contribution in [3.8, 4) is 0 Å². The zero-order valence-corrected chi connectivity index (χ0v) is 8.32. The van der Waals surface area contributed by atoms with E-state index in [-0.39, 0.29) is 5.78 Å². The van der Waals surface area contributed by atoms with E-state index in [0.717, 1.165) is 24.0 Å². The molecule has 0 spiro atoms. The maximum absolute atomic E-state index is 11.7. The Hall–Kier alpha value is -0.850. The molecule has 1 heteroatoms. The van der Waals surface area contributed by atoms with Gasteiger partial charge in [0.15, 0.2) is 5.78 Å². The number of ketones is 1. The van der Waals surface area contributed by atoms with Crippen LogP contribution < -0.4 is 0 Å². The van der Waals surface area contributed by atoms with Crippen molar-refractivity contribution < 1.29 is 4.79 Å². The quantitative estimate of drug-likeness (QED) is 0.582. The topological polar surface area (TPSA) is 17.1 Å². The molecule has 0 N–H and O–H groups in total. The second kappa shape index (κ2) is 3.26. The SMILES string of the molecule is CCC1=C(C)CC(C)=C(C)C1=O. The number of rotatable bonds is 1. The molecular formula is C11H16O. The van der Waals surface area contributed by atoms with Crippen molar-refractivity contribution >= 4 is 5.78 Å². The van der Waals surface area contributed by atoms with Crippen LogP contribution in [-0.2, 0) is 4.79 Å². The van der Waals surface area contributed by atoms with Gasteiger partial charge in [0, 0.05) is 0 Å². The summed E-state index contributed by atoms with van der Waals surface area (Å²) in [5, 5.41) is 0. The molecule has 66 valence electrons. The third kappa shape index (κ3) is 1.36. The molecule has 0 amide bonds. The Morgan fingerprint density at radius 3 is 2.25 bits per heavy atom. The predicted molar refractivity (Wildman–Crippen MR) is 51.0 cm³/mol. The highest BCUT2D eigenvalue weighted by Crippen LogP contribution is 2.27. The summed E-state index contributed by atoms with van der Waals surface area (Å²) in [6, 6.07) is 0. The van der Waals surface area contributed by atoms with E-state index in [9.17, 15) is 4.79 Å². The van der Waals surface area contributed by atoms with Gasteiger partial charge in [-0.2, -0.15) is 0 Å². The molecular weight excluding hydrogens is 148 g/mol. The summed E-state index contributed by atoms with van der Waals surface area (Å²) in [6.45, 7) is 8.08. The number of hydrogen-bond donors (Lipinski definition) is 0. The number of allylic oxidation sites excluding steroid dienone is 4. The number of carbonyl (C=O) groups excluding carboxylic acids is 1. The lowest BCUT2D eigenvalue weighted by molar-refractivity contribution is -0.112. The first-order valence-corrected chi connectivity index (χ1v) is 4.47. The van der Waals surface area contributed by atoms with Crippen LogP contribution in [0.2, 0.25) is 0 Å². The molecule has 1 nitrogen and oxygen atoms in total. The lowest BCUT2D eigenvalue weighted by atomic mass is 9.86. The second-order valence-corrected chi connectivity index (χ2v) is 3.52. The molecule has 0 radical (unpaired) electrons. The van der Waals surface area contributed by atoms with Crippen molar-refractivity contribution in [1.82, 2.24) is 0 Å². The van der Waals surface area contributed by atoms with E-state index in [1.54, 1.807) is 0 Å². The fourth-order valence-corrected chi connectivity index (χ4v) is 1.71. The van der Waals surface area contributed by atoms with E-state index in [1.807, 2.05) is 20.8 Å². The van der Waals surface area contributed by atoms with Crippen molar-refractivity contribution in [1.29, 1.82) is 0 Å². The summed E-state index contributed by atoms with van der Waals surface area (Å²) in [5.41, 5.74) is 4.47. The van der Waals surface area contributed by atoms with Crippen molar-refractivity contribution in [3.63, 3.8) is 0 Å². The molecule has 0 aromatic carbocycles. The monoisotopic (exact) mass is 164 g/mol. The summed E-state index contributed by atoms with van der Waals surface area (Å²) in [7, 11) is 0. The van der Waals surface area contributed by atoms with Gasteiger partial charge in [-0.15, -0.1) is 0 Å². The molecule has 0 fully saturated rings. The minimum absolute atomic E-state index is 0.263. The highest BCUT2D eigenvalue weighted by molar-refractivity contribution is 6.09. The number of hydrogen-bond acceptors (Lipinski definition) is 1. The van der Waals surface area contributed by atoms with Crippen LogP contribution in [0, 0.1) is 0 Å². The molecule has 0 heterocycles. The Morgan fingerprint density at radius 1 is 1.17 bits per heavy atom. The van der Waals surface area contributed by atoms with Gasteiger partial charge < -0.3 is 0 Å². The third-order valence-electron chi connectivity index (χ3n) is 2.65. The molecule has 1 aliphatic carbocycles. The molecule has 0 atom stereocenters. The van der Waals surface area contributed by atoms with Crippen molar-refractivity contribution in [3.05, 3.63) is 22.3 Å². The van der Waals surface area contributed by atoms with Gasteiger partial charge in [-0.05, 0) is 44.8 Å². The Kier molecular flexibility index (Phi) is 2.51. The largest absolute Gasteiger partial charge is 0.289 e. The first-order chi connectivity index (χ1) is 5.57. The Labute approximate surface area is 74.2 Å². The van der Waals surface area contributed by atoms with Crippen LogP contribution in [-0.4, -0.2) is 5.78 Å². The van der Waals surface area contributed by atoms with Gasteiger partial charge in [0.25, 0.3) is 0 Å². The normalized spacial score (nSPS) is 19.2. The standard InChI is InChI=1S/C11H16O/c1-5-10-8(3)6-7(2)9(4)11(10)12/h5-6H2,1-4H3. The van der Waals surface area contributed by atoms with Gasteiger partial charge in [-0.1, -0.05) is 18.1 Å². The zero-order chi connectivity index (χ0) is 9.30. The number of Topliss-reactive ketones (excluding diaryl/α,β-unsaturated/α-hetero) is 1.